The smallest absolute Gasteiger partial charge is 0.280 e. The molecule has 14 rings (SSSR count). The summed E-state index contributed by atoms with van der Waals surface area (Å²) < 4.78 is 0. The number of amides is 8. The fourth-order valence-corrected chi connectivity index (χ4v) is 20.7. The molecule has 7 atom stereocenters. The summed E-state index contributed by atoms with van der Waals surface area (Å²) in [7, 11) is 2.02. The summed E-state index contributed by atoms with van der Waals surface area (Å²) in [5, 5.41) is 55.1. The number of nitrogens with one attached hydrogen (secondary N) is 8. The number of anilines is 4. The Morgan fingerprint density at radius 1 is 0.424 bits per heavy atom. The highest BCUT2D eigenvalue weighted by Crippen LogP contribution is 2.42. The van der Waals surface area contributed by atoms with Crippen LogP contribution in [0.15, 0.2) is 49.1 Å². The number of nitrogens with zero attached hydrogens (tertiary/aromatic N) is 13. The number of carbonyl (C=O) groups excluding carboxylic acids is 8. The van der Waals surface area contributed by atoms with Crippen LogP contribution in [0.25, 0.3) is 41.8 Å². The van der Waals surface area contributed by atoms with Crippen molar-refractivity contribution in [3.63, 3.8) is 0 Å². The van der Waals surface area contributed by atoms with Gasteiger partial charge in [0.05, 0.1) is 49.9 Å². The van der Waals surface area contributed by atoms with Crippen molar-refractivity contribution in [2.24, 2.45) is 0 Å². The van der Waals surface area contributed by atoms with Gasteiger partial charge in [0.15, 0.2) is 20.0 Å². The molecule has 11 N–H and O–H groups in total. The predicted octanol–water partition coefficient (Wildman–Crippen LogP) is 14.7. The lowest BCUT2D eigenvalue weighted by molar-refractivity contribution is 0.0692. The molecule has 0 aromatic carbocycles. The zero-order chi connectivity index (χ0) is 96.7. The maximum atomic E-state index is 13.5. The Morgan fingerprint density at radius 2 is 0.712 bits per heavy atom. The molecule has 13 heterocycles. The van der Waals surface area contributed by atoms with Gasteiger partial charge >= 0.3 is 0 Å². The molecule has 716 valence electrons. The number of aryl methyl sites for hydroxylation is 4. The summed E-state index contributed by atoms with van der Waals surface area (Å²) in [4.78, 5) is 154. The minimum absolute atomic E-state index is 0.0843. The summed E-state index contributed by atoms with van der Waals surface area (Å²) in [5.41, 5.74) is 6.68. The molecule has 5 saturated heterocycles. The van der Waals surface area contributed by atoms with E-state index in [1.165, 1.54) is 45.3 Å². The molecular formula is C96H137N21O11S4. The van der Waals surface area contributed by atoms with Crippen molar-refractivity contribution in [1.82, 2.24) is 85.6 Å². The molecule has 132 heavy (non-hydrogen) atoms. The third kappa shape index (κ3) is 26.7. The van der Waals surface area contributed by atoms with Gasteiger partial charge in [-0.3, -0.25) is 38.4 Å². The van der Waals surface area contributed by atoms with E-state index in [9.17, 15) is 53.7 Å². The van der Waals surface area contributed by atoms with Crippen LogP contribution >= 0.6 is 45.3 Å². The standard InChI is InChI=1S/C25H35N5O3S.C24H34N6O2S.C24H35N5O3S.C23H33N5O3S/c1-14-12-19(29-25(3,4)5)26-13-16(14)21-20(24(33)30-11-7-8-15(30)2)28-23(34-21)22(32)27-17-9-6-10-18(17)31;1-14-10-18(28-24(3,4)5)25-11-17(14)20-19(23(32)30-9-7-8-15(30)2)27-22(33-20)21(31)26-16-12-29(6)13-16;1-14-11-17(28-23(3,4)5)25-12-16(14)19-18(22(31)29-10-8-9-15(29)2)27-21(33-19)20(30)26-13-24(6,7)32;1-13-10-17(27-23(4,5)6)24-11-16(13)19-18(22(31)28-9-7-8-15(28)3)26-21(32-19)20(30)25-14(2)12-29/h12-13,15,17-18,31H,6-11H2,1-5H3,(H,26,29)(H,27,32);10-11,15-16H,7-9,12-13H2,1-6H3,(H,25,28)(H,26,31);11-12,15,32H,8-10,13H2,1-7H3,(H,25,28)(H,26,30);10-11,14-15,29H,7-9,12H2,1-6H3,(H,24,27)(H,25,30)/t15-,17+,18+;2*15-;14-,15-/m0000/s1. The highest BCUT2D eigenvalue weighted by molar-refractivity contribution is 7.18. The SMILES string of the molecule is Cc1cc(NC(C)(C)C)ncc1-c1sc(C(=O)NC2CN(C)C2)nc1C(=O)N1CCC[C@@H]1C.Cc1cc(NC(C)(C)C)ncc1-c1sc(C(=O)NCC(C)(C)O)nc1C(=O)N1CCC[C@@H]1C.Cc1cc(NC(C)(C)C)ncc1-c1sc(C(=O)N[C@@H](C)CO)nc1C(=O)N1CCC[C@@H]1C.Cc1cc(NC(C)(C)C)ncc1-c1sc(C(=O)N[C@@H]2CCC[C@H]2O)nc1C(=O)N1CCC[C@@H]1C. The molecule has 0 unspecified atom stereocenters. The first-order chi connectivity index (χ1) is 61.8. The number of likely N-dealkylation sites (N-methyl/N-ethyl adjacent to an activating group) is 1. The normalized spacial score (nSPS) is 19.1. The Bertz CT molecular complexity index is 5490. The van der Waals surface area contributed by atoms with E-state index in [1.807, 2.05) is 99.4 Å². The van der Waals surface area contributed by atoms with Crippen molar-refractivity contribution in [2.45, 2.75) is 306 Å². The molecule has 0 radical (unpaired) electrons. The molecule has 32 nitrogen and oxygen atoms in total. The summed E-state index contributed by atoms with van der Waals surface area (Å²) in [6.45, 7) is 50.2. The first-order valence-corrected chi connectivity index (χ1v) is 49.2. The second-order valence-corrected chi connectivity index (χ2v) is 44.8. The van der Waals surface area contributed by atoms with Crippen LogP contribution in [0.3, 0.4) is 0 Å². The van der Waals surface area contributed by atoms with E-state index in [1.54, 1.807) is 45.6 Å². The molecule has 0 spiro atoms. The summed E-state index contributed by atoms with van der Waals surface area (Å²) in [6.07, 6.45) is 16.5. The van der Waals surface area contributed by atoms with E-state index in [4.69, 9.17) is 0 Å². The van der Waals surface area contributed by atoms with Gasteiger partial charge in [0.25, 0.3) is 47.3 Å². The fraction of sp³-hybridized carbons (Fsp3) is 0.583. The van der Waals surface area contributed by atoms with E-state index in [-0.39, 0.29) is 133 Å². The van der Waals surface area contributed by atoms with Crippen LogP contribution in [-0.4, -0.2) is 263 Å². The van der Waals surface area contributed by atoms with E-state index >= 15 is 0 Å². The van der Waals surface area contributed by atoms with Crippen LogP contribution in [-0.2, 0) is 0 Å². The van der Waals surface area contributed by atoms with Gasteiger partial charge in [-0.1, -0.05) is 0 Å². The van der Waals surface area contributed by atoms with E-state index < -0.39 is 29.6 Å². The molecule has 8 aromatic rings. The summed E-state index contributed by atoms with van der Waals surface area (Å²) >= 11 is 4.85. The van der Waals surface area contributed by atoms with Gasteiger partial charge in [0.1, 0.15) is 46.0 Å². The Balaban J connectivity index is 0.000000170. The maximum Gasteiger partial charge on any atom is 0.280 e. The molecule has 8 amide bonds. The molecule has 8 aromatic heterocycles. The zero-order valence-electron chi connectivity index (χ0n) is 81.2. The number of aliphatic hydroxyl groups is 3. The predicted molar refractivity (Wildman–Crippen MR) is 525 cm³/mol. The van der Waals surface area contributed by atoms with Gasteiger partial charge in [0, 0.05) is 145 Å². The number of thiazole rings is 4. The van der Waals surface area contributed by atoms with Crippen LogP contribution in [0.1, 0.15) is 306 Å². The maximum absolute atomic E-state index is 13.5. The van der Waals surface area contributed by atoms with Crippen LogP contribution in [0, 0.1) is 27.7 Å². The largest absolute Gasteiger partial charge is 0.394 e. The summed E-state index contributed by atoms with van der Waals surface area (Å²) in [6, 6.07) is 7.87. The van der Waals surface area contributed by atoms with E-state index in [2.05, 4.69) is 177 Å². The van der Waals surface area contributed by atoms with Crippen molar-refractivity contribution < 1.29 is 53.7 Å². The van der Waals surface area contributed by atoms with Gasteiger partial charge < -0.3 is 82.4 Å². The summed E-state index contributed by atoms with van der Waals surface area (Å²) in [5.74, 6) is 1.09. The van der Waals surface area contributed by atoms with E-state index in [0.717, 1.165) is 152 Å². The third-order valence-electron chi connectivity index (χ3n) is 23.3. The average Bonchev–Trinajstić information content (AvgIpc) is 1.65. The number of hydrogen-bond donors (Lipinski definition) is 11. The van der Waals surface area contributed by atoms with Crippen LogP contribution in [0.4, 0.5) is 23.3 Å². The number of likely N-dealkylation sites (tertiary alicyclic amines) is 5. The third-order valence-corrected chi connectivity index (χ3v) is 27.7. The second kappa shape index (κ2) is 42.7. The first-order valence-electron chi connectivity index (χ1n) is 46.0. The molecule has 6 aliphatic rings. The molecule has 1 aliphatic carbocycles. The fourth-order valence-electron chi connectivity index (χ4n) is 16.5. The highest BCUT2D eigenvalue weighted by Gasteiger charge is 2.40. The van der Waals surface area contributed by atoms with Crippen molar-refractivity contribution >= 4 is 116 Å². The minimum Gasteiger partial charge on any atom is -0.394 e. The Hall–Kier alpha value is -10.1. The number of aromatic nitrogens is 8. The molecule has 6 fully saturated rings. The Labute approximate surface area is 792 Å². The Kier molecular flexibility index (Phi) is 33.1. The molecular weight excluding hydrogens is 1750 g/mol. The van der Waals surface area contributed by atoms with Crippen LogP contribution in [0.5, 0.6) is 0 Å². The molecule has 5 aliphatic heterocycles. The van der Waals surface area contributed by atoms with Gasteiger partial charge in [-0.15, -0.1) is 45.3 Å². The first kappa shape index (κ1) is 102. The van der Waals surface area contributed by atoms with E-state index in [0.29, 0.717) is 62.0 Å². The average molecular weight is 1890 g/mol. The number of pyridine rings is 4. The van der Waals surface area contributed by atoms with Crippen molar-refractivity contribution in [3.05, 3.63) is 114 Å². The zero-order valence-corrected chi connectivity index (χ0v) is 84.5. The number of aliphatic hydroxyl groups excluding tert-OH is 2. The second-order valence-electron chi connectivity index (χ2n) is 40.8. The van der Waals surface area contributed by atoms with Gasteiger partial charge in [0.2, 0.25) is 0 Å². The monoisotopic (exact) mass is 1890 g/mol. The van der Waals surface area contributed by atoms with Crippen molar-refractivity contribution in [2.75, 3.05) is 80.7 Å². The topological polar surface area (TPSA) is 413 Å². The number of rotatable bonds is 22. The van der Waals surface area contributed by atoms with Crippen molar-refractivity contribution in [1.29, 1.82) is 0 Å². The van der Waals surface area contributed by atoms with Crippen LogP contribution in [0.2, 0.25) is 0 Å². The lowest BCUT2D eigenvalue weighted by atomic mass is 10.1. The lowest BCUT2D eigenvalue weighted by Gasteiger charge is -2.36. The van der Waals surface area contributed by atoms with Gasteiger partial charge in [-0.25, -0.2) is 39.9 Å². The quantitative estimate of drug-likeness (QED) is 0.0300. The molecule has 1 saturated carbocycles. The van der Waals surface area contributed by atoms with Gasteiger partial charge in [-0.2, -0.15) is 0 Å². The van der Waals surface area contributed by atoms with Crippen molar-refractivity contribution in [3.8, 4) is 41.8 Å². The lowest BCUT2D eigenvalue weighted by Crippen LogP contribution is -2.57. The highest BCUT2D eigenvalue weighted by atomic mass is 32.1. The number of hydrogen-bond acceptors (Lipinski definition) is 28. The number of carbonyl (C=O) groups is 8. The minimum atomic E-state index is -1.05. The molecule has 36 heteroatoms. The van der Waals surface area contributed by atoms with Gasteiger partial charge in [-0.05, 0) is 283 Å². The Morgan fingerprint density at radius 3 is 0.955 bits per heavy atom. The van der Waals surface area contributed by atoms with Crippen LogP contribution < -0.4 is 42.5 Å². The molecule has 0 bridgehead atoms.